The van der Waals surface area contributed by atoms with Crippen molar-refractivity contribution >= 4 is 44.2 Å². The standard InChI is InChI=1S/C20H25N5O3S2/c1-14(2)30(27,28)24-9-7-15(8-10-24)19(26)23-20-22-17-5-3-4-6-18(17)25(20)11-16-12-29-13-21-16/h3-6,12-15H,7-11H2,1-2H3,(H,22,23,26). The van der Waals surface area contributed by atoms with Gasteiger partial charge in [-0.05, 0) is 38.8 Å². The normalized spacial score (nSPS) is 16.4. The van der Waals surface area contributed by atoms with Crippen molar-refractivity contribution in [2.45, 2.75) is 38.5 Å². The quantitative estimate of drug-likeness (QED) is 0.627. The zero-order chi connectivity index (χ0) is 21.3. The van der Waals surface area contributed by atoms with Crippen LogP contribution in [-0.4, -0.2) is 51.5 Å². The molecule has 0 saturated carbocycles. The van der Waals surface area contributed by atoms with Crippen LogP contribution in [0, 0.1) is 5.92 Å². The summed E-state index contributed by atoms with van der Waals surface area (Å²) >= 11 is 1.53. The molecule has 8 nitrogen and oxygen atoms in total. The minimum Gasteiger partial charge on any atom is -0.304 e. The molecule has 1 aliphatic rings. The number of anilines is 1. The molecule has 1 saturated heterocycles. The number of nitrogens with zero attached hydrogens (tertiary/aromatic N) is 4. The Hall–Kier alpha value is -2.30. The van der Waals surface area contributed by atoms with Crippen molar-refractivity contribution in [3.05, 3.63) is 40.8 Å². The van der Waals surface area contributed by atoms with Gasteiger partial charge in [0, 0.05) is 24.4 Å². The van der Waals surface area contributed by atoms with Gasteiger partial charge in [0.25, 0.3) is 0 Å². The van der Waals surface area contributed by atoms with Crippen LogP contribution in [0.3, 0.4) is 0 Å². The van der Waals surface area contributed by atoms with Crippen molar-refractivity contribution in [3.63, 3.8) is 0 Å². The molecule has 0 atom stereocenters. The number of carbonyl (C=O) groups excluding carboxylic acids is 1. The molecule has 3 aromatic rings. The Bertz CT molecular complexity index is 1130. The fraction of sp³-hybridized carbons (Fsp3) is 0.450. The number of imidazole rings is 1. The van der Waals surface area contributed by atoms with Gasteiger partial charge in [-0.25, -0.2) is 22.7 Å². The zero-order valence-electron chi connectivity index (χ0n) is 17.0. The fourth-order valence-corrected chi connectivity index (χ4v) is 5.56. The molecular formula is C20H25N5O3S2. The lowest BCUT2D eigenvalue weighted by Crippen LogP contribution is -2.44. The maximum Gasteiger partial charge on any atom is 0.229 e. The van der Waals surface area contributed by atoms with Gasteiger partial charge in [-0.3, -0.25) is 10.1 Å². The number of benzene rings is 1. The van der Waals surface area contributed by atoms with Gasteiger partial charge in [-0.2, -0.15) is 0 Å². The van der Waals surface area contributed by atoms with Gasteiger partial charge in [0.05, 0.1) is 34.0 Å². The van der Waals surface area contributed by atoms with Crippen molar-refractivity contribution in [1.29, 1.82) is 0 Å². The number of nitrogens with one attached hydrogen (secondary N) is 1. The molecule has 10 heteroatoms. The molecule has 0 aliphatic carbocycles. The van der Waals surface area contributed by atoms with E-state index in [1.165, 1.54) is 15.6 Å². The van der Waals surface area contributed by atoms with E-state index in [1.54, 1.807) is 19.4 Å². The molecule has 0 radical (unpaired) electrons. The molecule has 0 unspecified atom stereocenters. The average Bonchev–Trinajstić information content (AvgIpc) is 3.37. The first-order valence-electron chi connectivity index (χ1n) is 9.98. The van der Waals surface area contributed by atoms with Crippen LogP contribution in [0.5, 0.6) is 0 Å². The van der Waals surface area contributed by atoms with Crippen molar-refractivity contribution < 1.29 is 13.2 Å². The Kier molecular flexibility index (Phi) is 5.90. The number of aromatic nitrogens is 3. The van der Waals surface area contributed by atoms with Crippen molar-refractivity contribution in [2.24, 2.45) is 5.92 Å². The maximum atomic E-state index is 12.9. The molecule has 160 valence electrons. The van der Waals surface area contributed by atoms with Crippen LogP contribution in [0.15, 0.2) is 35.2 Å². The second-order valence-electron chi connectivity index (χ2n) is 7.75. The first-order chi connectivity index (χ1) is 14.4. The lowest BCUT2D eigenvalue weighted by atomic mass is 9.97. The van der Waals surface area contributed by atoms with Gasteiger partial charge < -0.3 is 4.57 Å². The van der Waals surface area contributed by atoms with E-state index in [0.29, 0.717) is 38.4 Å². The van der Waals surface area contributed by atoms with Crippen molar-refractivity contribution in [3.8, 4) is 0 Å². The number of sulfonamides is 1. The van der Waals surface area contributed by atoms with Crippen LogP contribution in [-0.2, 0) is 21.4 Å². The highest BCUT2D eigenvalue weighted by molar-refractivity contribution is 7.89. The van der Waals surface area contributed by atoms with E-state index in [0.717, 1.165) is 16.7 Å². The monoisotopic (exact) mass is 447 g/mol. The molecule has 1 aliphatic heterocycles. The Morgan fingerprint density at radius 3 is 2.67 bits per heavy atom. The summed E-state index contributed by atoms with van der Waals surface area (Å²) in [6, 6.07) is 7.74. The number of hydrogen-bond donors (Lipinski definition) is 1. The highest BCUT2D eigenvalue weighted by Crippen LogP contribution is 2.25. The number of hydrogen-bond acceptors (Lipinski definition) is 6. The predicted octanol–water partition coefficient (Wildman–Crippen LogP) is 2.93. The van der Waals surface area contributed by atoms with E-state index in [9.17, 15) is 13.2 Å². The second kappa shape index (κ2) is 8.44. The lowest BCUT2D eigenvalue weighted by molar-refractivity contribution is -0.121. The topological polar surface area (TPSA) is 97.2 Å². The summed E-state index contributed by atoms with van der Waals surface area (Å²) in [6.45, 7) is 4.62. The third kappa shape index (κ3) is 4.12. The number of carbonyl (C=O) groups is 1. The molecule has 1 fully saturated rings. The minimum absolute atomic E-state index is 0.119. The summed E-state index contributed by atoms with van der Waals surface area (Å²) in [5.74, 6) is 0.133. The Balaban J connectivity index is 1.50. The largest absolute Gasteiger partial charge is 0.304 e. The van der Waals surface area contributed by atoms with E-state index < -0.39 is 15.3 Å². The lowest BCUT2D eigenvalue weighted by Gasteiger charge is -2.31. The highest BCUT2D eigenvalue weighted by Gasteiger charge is 2.33. The van der Waals surface area contributed by atoms with Crippen LogP contribution < -0.4 is 5.32 Å². The number of rotatable bonds is 6. The SMILES string of the molecule is CC(C)S(=O)(=O)N1CCC(C(=O)Nc2nc3ccccc3n2Cc2cscn2)CC1. The van der Waals surface area contributed by atoms with Crippen LogP contribution in [0.2, 0.25) is 0 Å². The minimum atomic E-state index is -3.28. The van der Waals surface area contributed by atoms with Gasteiger partial charge >= 0.3 is 0 Å². The number of fused-ring (bicyclic) bond motifs is 1. The van der Waals surface area contributed by atoms with Gasteiger partial charge in [-0.15, -0.1) is 11.3 Å². The summed E-state index contributed by atoms with van der Waals surface area (Å²) in [5.41, 5.74) is 4.43. The number of thiazole rings is 1. The summed E-state index contributed by atoms with van der Waals surface area (Å²) in [7, 11) is -3.28. The van der Waals surface area contributed by atoms with E-state index in [1.807, 2.05) is 34.2 Å². The van der Waals surface area contributed by atoms with Gasteiger partial charge in [-0.1, -0.05) is 12.1 Å². The van der Waals surface area contributed by atoms with Gasteiger partial charge in [0.1, 0.15) is 0 Å². The molecule has 3 heterocycles. The van der Waals surface area contributed by atoms with Crippen LogP contribution in [0.25, 0.3) is 11.0 Å². The van der Waals surface area contributed by atoms with E-state index in [-0.39, 0.29) is 11.8 Å². The second-order valence-corrected chi connectivity index (χ2v) is 11.0. The molecule has 30 heavy (non-hydrogen) atoms. The highest BCUT2D eigenvalue weighted by atomic mass is 32.2. The van der Waals surface area contributed by atoms with Crippen LogP contribution in [0.4, 0.5) is 5.95 Å². The fourth-order valence-electron chi connectivity index (χ4n) is 3.69. The predicted molar refractivity (Wildman–Crippen MR) is 118 cm³/mol. The zero-order valence-corrected chi connectivity index (χ0v) is 18.6. The van der Waals surface area contributed by atoms with Gasteiger partial charge in [0.15, 0.2) is 0 Å². The third-order valence-corrected chi connectivity index (χ3v) is 8.39. The Morgan fingerprint density at radius 1 is 1.27 bits per heavy atom. The third-order valence-electron chi connectivity index (χ3n) is 5.47. The average molecular weight is 448 g/mol. The van der Waals surface area contributed by atoms with E-state index in [4.69, 9.17) is 0 Å². The molecule has 1 N–H and O–H groups in total. The van der Waals surface area contributed by atoms with Crippen molar-refractivity contribution in [1.82, 2.24) is 18.8 Å². The number of para-hydroxylation sites is 2. The molecule has 1 aromatic carbocycles. The molecule has 2 aromatic heterocycles. The van der Waals surface area contributed by atoms with E-state index in [2.05, 4.69) is 15.3 Å². The number of piperidine rings is 1. The Labute approximate surface area is 180 Å². The molecule has 1 amide bonds. The van der Waals surface area contributed by atoms with Crippen molar-refractivity contribution in [2.75, 3.05) is 18.4 Å². The number of amides is 1. The summed E-state index contributed by atoms with van der Waals surface area (Å²) in [5, 5.41) is 4.51. The maximum absolute atomic E-state index is 12.9. The summed E-state index contributed by atoms with van der Waals surface area (Å²) in [6.07, 6.45) is 1.01. The molecular weight excluding hydrogens is 422 g/mol. The van der Waals surface area contributed by atoms with E-state index >= 15 is 0 Å². The van der Waals surface area contributed by atoms with Gasteiger partial charge in [0.2, 0.25) is 21.9 Å². The summed E-state index contributed by atoms with van der Waals surface area (Å²) < 4.78 is 28.2. The first-order valence-corrected chi connectivity index (χ1v) is 12.4. The summed E-state index contributed by atoms with van der Waals surface area (Å²) in [4.78, 5) is 21.9. The van der Waals surface area contributed by atoms with Crippen LogP contribution >= 0.6 is 11.3 Å². The smallest absolute Gasteiger partial charge is 0.229 e. The first kappa shape index (κ1) is 21.0. The Morgan fingerprint density at radius 2 is 2.00 bits per heavy atom. The molecule has 4 rings (SSSR count). The molecule has 0 spiro atoms. The van der Waals surface area contributed by atoms with Crippen LogP contribution in [0.1, 0.15) is 32.4 Å². The molecule has 0 bridgehead atoms.